The number of methoxy groups -OCH3 is 1. The standard InChI is InChI=1S/C14H10BrClFNO2/c1-20-13-4-7(18)2-3-8(13)14(19)9-5-11(16)10(15)6-12(9)17/h2-6H,18H2,1H3. The van der Waals surface area contributed by atoms with Gasteiger partial charge in [0.25, 0.3) is 0 Å². The molecule has 0 aliphatic rings. The molecule has 0 fully saturated rings. The molecule has 2 aromatic rings. The molecule has 6 heteroatoms. The largest absolute Gasteiger partial charge is 0.496 e. The van der Waals surface area contributed by atoms with Crippen molar-refractivity contribution >= 4 is 39.0 Å². The third kappa shape index (κ3) is 2.78. The highest BCUT2D eigenvalue weighted by Gasteiger charge is 2.19. The molecule has 0 spiro atoms. The Balaban J connectivity index is 2.54. The van der Waals surface area contributed by atoms with Crippen LogP contribution in [-0.4, -0.2) is 12.9 Å². The van der Waals surface area contributed by atoms with E-state index in [0.29, 0.717) is 10.2 Å². The smallest absolute Gasteiger partial charge is 0.199 e. The summed E-state index contributed by atoms with van der Waals surface area (Å²) in [7, 11) is 1.41. The first kappa shape index (κ1) is 14.8. The Bertz CT molecular complexity index is 691. The molecular formula is C14H10BrClFNO2. The molecule has 0 unspecified atom stereocenters. The molecule has 104 valence electrons. The second kappa shape index (κ2) is 5.81. The first-order chi connectivity index (χ1) is 9.43. The van der Waals surface area contributed by atoms with Gasteiger partial charge in [-0.15, -0.1) is 0 Å². The van der Waals surface area contributed by atoms with Gasteiger partial charge >= 0.3 is 0 Å². The van der Waals surface area contributed by atoms with Gasteiger partial charge in [0.15, 0.2) is 5.78 Å². The monoisotopic (exact) mass is 357 g/mol. The van der Waals surface area contributed by atoms with Gasteiger partial charge in [-0.1, -0.05) is 11.6 Å². The van der Waals surface area contributed by atoms with Crippen LogP contribution in [0.3, 0.4) is 0 Å². The van der Waals surface area contributed by atoms with E-state index in [0.717, 1.165) is 6.07 Å². The average molecular weight is 359 g/mol. The zero-order valence-corrected chi connectivity index (χ0v) is 12.8. The maximum absolute atomic E-state index is 13.9. The summed E-state index contributed by atoms with van der Waals surface area (Å²) < 4.78 is 19.4. The SMILES string of the molecule is COc1cc(N)ccc1C(=O)c1cc(Cl)c(Br)cc1F. The molecule has 2 N–H and O–H groups in total. The van der Waals surface area contributed by atoms with E-state index in [9.17, 15) is 9.18 Å². The number of rotatable bonds is 3. The van der Waals surface area contributed by atoms with Crippen LogP contribution in [-0.2, 0) is 0 Å². The molecule has 0 heterocycles. The summed E-state index contributed by atoms with van der Waals surface area (Å²) in [5.74, 6) is -0.896. The fourth-order valence-corrected chi connectivity index (χ4v) is 2.22. The first-order valence-corrected chi connectivity index (χ1v) is 6.74. The number of hydrogen-bond acceptors (Lipinski definition) is 3. The Morgan fingerprint density at radius 2 is 2.00 bits per heavy atom. The quantitative estimate of drug-likeness (QED) is 0.511. The number of hydrogen-bond donors (Lipinski definition) is 1. The van der Waals surface area contributed by atoms with Crippen molar-refractivity contribution in [1.29, 1.82) is 0 Å². The zero-order chi connectivity index (χ0) is 14.9. The summed E-state index contributed by atoms with van der Waals surface area (Å²) in [5.41, 5.74) is 6.17. The number of ketones is 1. The van der Waals surface area contributed by atoms with Crippen molar-refractivity contribution in [2.45, 2.75) is 0 Å². The highest BCUT2D eigenvalue weighted by Crippen LogP contribution is 2.29. The van der Waals surface area contributed by atoms with Gasteiger partial charge in [-0.05, 0) is 40.2 Å². The van der Waals surface area contributed by atoms with Crippen molar-refractivity contribution in [1.82, 2.24) is 0 Å². The molecule has 2 rings (SSSR count). The van der Waals surface area contributed by atoms with Crippen LogP contribution in [0.2, 0.25) is 5.02 Å². The number of ether oxygens (including phenoxy) is 1. The predicted octanol–water partition coefficient (Wildman–Crippen LogP) is 4.06. The number of nitrogens with two attached hydrogens (primary N) is 1. The van der Waals surface area contributed by atoms with Crippen LogP contribution >= 0.6 is 27.5 Å². The van der Waals surface area contributed by atoms with Gasteiger partial charge in [0.2, 0.25) is 0 Å². The molecule has 0 atom stereocenters. The third-order valence-electron chi connectivity index (χ3n) is 2.72. The second-order valence-electron chi connectivity index (χ2n) is 4.04. The molecule has 0 aromatic heterocycles. The summed E-state index contributed by atoms with van der Waals surface area (Å²) >= 11 is 9.00. The van der Waals surface area contributed by atoms with Crippen molar-refractivity contribution in [3.05, 3.63) is 56.8 Å². The second-order valence-corrected chi connectivity index (χ2v) is 5.30. The topological polar surface area (TPSA) is 52.3 Å². The number of benzene rings is 2. The lowest BCUT2D eigenvalue weighted by atomic mass is 10.0. The van der Waals surface area contributed by atoms with Crippen LogP contribution in [0.1, 0.15) is 15.9 Å². The van der Waals surface area contributed by atoms with Gasteiger partial charge < -0.3 is 10.5 Å². The lowest BCUT2D eigenvalue weighted by Crippen LogP contribution is -2.07. The van der Waals surface area contributed by atoms with Crippen molar-refractivity contribution in [3.8, 4) is 5.75 Å². The Morgan fingerprint density at radius 1 is 1.30 bits per heavy atom. The molecule has 0 amide bonds. The highest BCUT2D eigenvalue weighted by molar-refractivity contribution is 9.10. The van der Waals surface area contributed by atoms with E-state index in [1.165, 1.54) is 25.3 Å². The minimum Gasteiger partial charge on any atom is -0.496 e. The van der Waals surface area contributed by atoms with Crippen molar-refractivity contribution < 1.29 is 13.9 Å². The van der Waals surface area contributed by atoms with E-state index in [2.05, 4.69) is 15.9 Å². The summed E-state index contributed by atoms with van der Waals surface area (Å²) in [4.78, 5) is 12.4. The average Bonchev–Trinajstić information content (AvgIpc) is 2.42. The van der Waals surface area contributed by atoms with Crippen LogP contribution in [0.5, 0.6) is 5.75 Å². The summed E-state index contributed by atoms with van der Waals surface area (Å²) in [5, 5.41) is 0.254. The van der Waals surface area contributed by atoms with E-state index in [1.54, 1.807) is 6.07 Å². The Labute approximate surface area is 128 Å². The van der Waals surface area contributed by atoms with Gasteiger partial charge in [-0.3, -0.25) is 4.79 Å². The van der Waals surface area contributed by atoms with E-state index < -0.39 is 11.6 Å². The molecule has 20 heavy (non-hydrogen) atoms. The maximum atomic E-state index is 13.9. The fraction of sp³-hybridized carbons (Fsp3) is 0.0714. The minimum atomic E-state index is -0.662. The molecule has 3 nitrogen and oxygen atoms in total. The highest BCUT2D eigenvalue weighted by atomic mass is 79.9. The number of halogens is 3. The Hall–Kier alpha value is -1.59. The molecule has 0 aliphatic heterocycles. The summed E-state index contributed by atoms with van der Waals surface area (Å²) in [6.07, 6.45) is 0. The third-order valence-corrected chi connectivity index (χ3v) is 3.92. The number of anilines is 1. The summed E-state index contributed by atoms with van der Waals surface area (Å²) in [6, 6.07) is 6.98. The van der Waals surface area contributed by atoms with Gasteiger partial charge in [0.05, 0.1) is 23.3 Å². The first-order valence-electron chi connectivity index (χ1n) is 5.56. The molecule has 0 saturated heterocycles. The van der Waals surface area contributed by atoms with Crippen molar-refractivity contribution in [3.63, 3.8) is 0 Å². The van der Waals surface area contributed by atoms with Gasteiger partial charge in [-0.2, -0.15) is 0 Å². The molecule has 0 saturated carbocycles. The van der Waals surface area contributed by atoms with E-state index in [4.69, 9.17) is 22.1 Å². The number of carbonyl (C=O) groups is 1. The van der Waals surface area contributed by atoms with Crippen molar-refractivity contribution in [2.24, 2.45) is 0 Å². The van der Waals surface area contributed by atoms with Gasteiger partial charge in [-0.25, -0.2) is 4.39 Å². The van der Waals surface area contributed by atoms with Crippen LogP contribution in [0.15, 0.2) is 34.8 Å². The van der Waals surface area contributed by atoms with E-state index >= 15 is 0 Å². The summed E-state index contributed by atoms with van der Waals surface area (Å²) in [6.45, 7) is 0. The Morgan fingerprint density at radius 3 is 2.65 bits per heavy atom. The van der Waals surface area contributed by atoms with Gasteiger partial charge in [0, 0.05) is 16.2 Å². The van der Waals surface area contributed by atoms with Crippen LogP contribution in [0.4, 0.5) is 10.1 Å². The van der Waals surface area contributed by atoms with Crippen LogP contribution in [0, 0.1) is 5.82 Å². The Kier molecular flexibility index (Phi) is 4.30. The number of nitrogen functional groups attached to an aromatic ring is 1. The number of carbonyl (C=O) groups excluding carboxylic acids is 1. The molecule has 0 radical (unpaired) electrons. The zero-order valence-electron chi connectivity index (χ0n) is 10.4. The predicted molar refractivity (Wildman–Crippen MR) is 79.9 cm³/mol. The molecule has 0 aliphatic carbocycles. The molecule has 2 aromatic carbocycles. The molecular weight excluding hydrogens is 349 g/mol. The maximum Gasteiger partial charge on any atom is 0.199 e. The normalized spacial score (nSPS) is 10.4. The van der Waals surface area contributed by atoms with Crippen LogP contribution in [0.25, 0.3) is 0 Å². The minimum absolute atomic E-state index is 0.124. The molecule has 0 bridgehead atoms. The van der Waals surface area contributed by atoms with E-state index in [-0.39, 0.29) is 21.9 Å². The fourth-order valence-electron chi connectivity index (χ4n) is 1.74. The van der Waals surface area contributed by atoms with Crippen LogP contribution < -0.4 is 10.5 Å². The van der Waals surface area contributed by atoms with Gasteiger partial charge in [0.1, 0.15) is 11.6 Å². The lowest BCUT2D eigenvalue weighted by molar-refractivity contribution is 0.103. The van der Waals surface area contributed by atoms with E-state index in [1.807, 2.05) is 0 Å². The van der Waals surface area contributed by atoms with Crippen molar-refractivity contribution in [2.75, 3.05) is 12.8 Å². The lowest BCUT2D eigenvalue weighted by Gasteiger charge is -2.10.